The third-order valence-corrected chi connectivity index (χ3v) is 7.14. The quantitative estimate of drug-likeness (QED) is 0.500. The molecule has 0 bridgehead atoms. The molecule has 6 nitrogen and oxygen atoms in total. The van der Waals surface area contributed by atoms with Crippen molar-refractivity contribution in [1.82, 2.24) is 15.2 Å². The molecule has 3 aromatic rings. The molecule has 0 radical (unpaired) electrons. The van der Waals surface area contributed by atoms with Crippen LogP contribution in [-0.4, -0.2) is 41.5 Å². The second-order valence-electron chi connectivity index (χ2n) is 8.56. The molecule has 2 aromatic heterocycles. The van der Waals surface area contributed by atoms with Crippen molar-refractivity contribution in [3.05, 3.63) is 58.1 Å². The van der Waals surface area contributed by atoms with Gasteiger partial charge in [0.2, 0.25) is 0 Å². The third-order valence-electron chi connectivity index (χ3n) is 5.96. The van der Waals surface area contributed by atoms with Crippen molar-refractivity contribution >= 4 is 39.2 Å². The second kappa shape index (κ2) is 9.61. The van der Waals surface area contributed by atoms with Crippen LogP contribution in [0.15, 0.2) is 36.4 Å². The number of amides is 3. The Morgan fingerprint density at radius 3 is 2.59 bits per heavy atom. The largest absolute Gasteiger partial charge is 0.433 e. The molecule has 1 unspecified atom stereocenters. The van der Waals surface area contributed by atoms with E-state index in [0.717, 1.165) is 35.8 Å². The molecule has 4 rings (SSSR count). The molecule has 0 aliphatic carbocycles. The molecule has 3 amide bonds. The Balaban J connectivity index is 1.39. The van der Waals surface area contributed by atoms with E-state index in [0.29, 0.717) is 41.1 Å². The molecule has 1 saturated heterocycles. The number of urea groups is 1. The summed E-state index contributed by atoms with van der Waals surface area (Å²) in [6, 6.07) is 9.50. The van der Waals surface area contributed by atoms with Gasteiger partial charge in [-0.15, -0.1) is 11.3 Å². The van der Waals surface area contributed by atoms with Gasteiger partial charge >= 0.3 is 12.2 Å². The number of nitrogens with zero attached hydrogens (tertiary/aromatic N) is 2. The van der Waals surface area contributed by atoms with Gasteiger partial charge in [-0.25, -0.2) is 9.78 Å². The number of nitrogens with one attached hydrogen (secondary N) is 2. The van der Waals surface area contributed by atoms with Gasteiger partial charge < -0.3 is 15.5 Å². The third kappa shape index (κ3) is 5.32. The number of piperidine rings is 1. The Labute approximate surface area is 199 Å². The number of alkyl halides is 3. The summed E-state index contributed by atoms with van der Waals surface area (Å²) in [5.41, 5.74) is 1.48. The fourth-order valence-electron chi connectivity index (χ4n) is 4.07. The molecule has 1 aliphatic rings. The zero-order valence-corrected chi connectivity index (χ0v) is 19.6. The number of carbonyl (C=O) groups excluding carboxylic acids is 2. The molecule has 1 aromatic carbocycles. The lowest BCUT2D eigenvalue weighted by molar-refractivity contribution is -0.140. The van der Waals surface area contributed by atoms with Crippen molar-refractivity contribution in [1.29, 1.82) is 0 Å². The zero-order valence-electron chi connectivity index (χ0n) is 18.8. The Kier molecular flexibility index (Phi) is 6.79. The molecule has 1 aliphatic heterocycles. The molecule has 10 heteroatoms. The van der Waals surface area contributed by atoms with Crippen molar-refractivity contribution in [2.24, 2.45) is 5.92 Å². The first-order valence-electron chi connectivity index (χ1n) is 11.0. The van der Waals surface area contributed by atoms with Crippen LogP contribution in [0.2, 0.25) is 0 Å². The fraction of sp³-hybridized carbons (Fsp3) is 0.375. The average molecular weight is 491 g/mol. The molecule has 1 fully saturated rings. The number of aromatic nitrogens is 1. The van der Waals surface area contributed by atoms with E-state index in [1.54, 1.807) is 11.8 Å². The molecule has 3 heterocycles. The van der Waals surface area contributed by atoms with Gasteiger partial charge in [0.1, 0.15) is 10.5 Å². The maximum Gasteiger partial charge on any atom is 0.433 e. The van der Waals surface area contributed by atoms with Crippen LogP contribution in [0, 0.1) is 19.8 Å². The standard InChI is InChI=1S/C24H25F3N4O2S/c1-14-5-7-17(8-6-14)29-23(33)28-12-16-4-3-11-31(13-16)22(32)20-15(2)18-9-10-19(24(25,26)27)30-21(18)34-20/h5-10,16H,3-4,11-13H2,1-2H3,(H2,28,29,33). The van der Waals surface area contributed by atoms with E-state index in [2.05, 4.69) is 15.6 Å². The SMILES string of the molecule is Cc1ccc(NC(=O)NCC2CCCN(C(=O)c3sc4nc(C(F)(F)F)ccc4c3C)C2)cc1. The van der Waals surface area contributed by atoms with E-state index in [9.17, 15) is 22.8 Å². The maximum atomic E-state index is 13.2. The van der Waals surface area contributed by atoms with Gasteiger partial charge in [-0.1, -0.05) is 17.7 Å². The molecule has 180 valence electrons. The zero-order chi connectivity index (χ0) is 24.5. The normalized spacial score (nSPS) is 16.5. The lowest BCUT2D eigenvalue weighted by Gasteiger charge is -2.32. The first-order valence-corrected chi connectivity index (χ1v) is 11.8. The van der Waals surface area contributed by atoms with Crippen LogP contribution in [0.3, 0.4) is 0 Å². The van der Waals surface area contributed by atoms with Crippen LogP contribution in [-0.2, 0) is 6.18 Å². The number of halogens is 3. The Hall–Kier alpha value is -3.14. The highest BCUT2D eigenvalue weighted by Crippen LogP contribution is 2.35. The number of hydrogen-bond acceptors (Lipinski definition) is 4. The summed E-state index contributed by atoms with van der Waals surface area (Å²) in [5.74, 6) is -0.117. The van der Waals surface area contributed by atoms with Crippen LogP contribution in [0.25, 0.3) is 10.2 Å². The van der Waals surface area contributed by atoms with Gasteiger partial charge in [0.15, 0.2) is 0 Å². The Morgan fingerprint density at radius 1 is 1.15 bits per heavy atom. The summed E-state index contributed by atoms with van der Waals surface area (Å²) in [7, 11) is 0. The Bertz CT molecular complexity index is 1210. The van der Waals surface area contributed by atoms with Crippen LogP contribution >= 0.6 is 11.3 Å². The van der Waals surface area contributed by atoms with E-state index in [1.807, 2.05) is 31.2 Å². The number of carbonyl (C=O) groups is 2. The molecular weight excluding hydrogens is 465 g/mol. The molecular formula is C24H25F3N4O2S. The number of pyridine rings is 1. The minimum absolute atomic E-state index is 0.0890. The average Bonchev–Trinajstić information content (AvgIpc) is 3.14. The predicted octanol–water partition coefficient (Wildman–Crippen LogP) is 5.61. The van der Waals surface area contributed by atoms with Gasteiger partial charge in [-0.05, 0) is 62.4 Å². The van der Waals surface area contributed by atoms with E-state index in [4.69, 9.17) is 0 Å². The highest BCUT2D eigenvalue weighted by atomic mass is 32.1. The number of thiophene rings is 1. The number of likely N-dealkylation sites (tertiary alicyclic amines) is 1. The number of aryl methyl sites for hydroxylation is 2. The second-order valence-corrected chi connectivity index (χ2v) is 9.56. The van der Waals surface area contributed by atoms with Crippen LogP contribution in [0.5, 0.6) is 0 Å². The summed E-state index contributed by atoms with van der Waals surface area (Å²) in [6.07, 6.45) is -2.87. The highest BCUT2D eigenvalue weighted by molar-refractivity contribution is 7.20. The molecule has 0 spiro atoms. The van der Waals surface area contributed by atoms with Gasteiger partial charge in [-0.2, -0.15) is 13.2 Å². The summed E-state index contributed by atoms with van der Waals surface area (Å²) < 4.78 is 39.0. The molecule has 1 atom stereocenters. The monoisotopic (exact) mass is 490 g/mol. The van der Waals surface area contributed by atoms with Gasteiger partial charge in [0.25, 0.3) is 5.91 Å². The first kappa shape index (κ1) is 24.0. The minimum Gasteiger partial charge on any atom is -0.338 e. The van der Waals surface area contributed by atoms with Crippen LogP contribution < -0.4 is 10.6 Å². The van der Waals surface area contributed by atoms with Crippen LogP contribution in [0.1, 0.15) is 39.3 Å². The summed E-state index contributed by atoms with van der Waals surface area (Å²) >= 11 is 0.996. The number of rotatable bonds is 4. The predicted molar refractivity (Wildman–Crippen MR) is 126 cm³/mol. The van der Waals surface area contributed by atoms with E-state index < -0.39 is 11.9 Å². The summed E-state index contributed by atoms with van der Waals surface area (Å²) in [6.45, 7) is 5.16. The van der Waals surface area contributed by atoms with Crippen LogP contribution in [0.4, 0.5) is 23.7 Å². The fourth-order valence-corrected chi connectivity index (χ4v) is 5.22. The minimum atomic E-state index is -4.53. The Morgan fingerprint density at radius 2 is 1.88 bits per heavy atom. The number of benzene rings is 1. The lowest BCUT2D eigenvalue weighted by Crippen LogP contribution is -2.44. The topological polar surface area (TPSA) is 74.3 Å². The summed E-state index contributed by atoms with van der Waals surface area (Å²) in [5, 5.41) is 6.22. The van der Waals surface area contributed by atoms with Crippen molar-refractivity contribution in [3.63, 3.8) is 0 Å². The summed E-state index contributed by atoms with van der Waals surface area (Å²) in [4.78, 5) is 31.5. The van der Waals surface area contributed by atoms with Crippen molar-refractivity contribution in [3.8, 4) is 0 Å². The van der Waals surface area contributed by atoms with Crippen molar-refractivity contribution in [2.45, 2.75) is 32.9 Å². The smallest absolute Gasteiger partial charge is 0.338 e. The number of anilines is 1. The number of hydrogen-bond donors (Lipinski definition) is 2. The van der Waals surface area contributed by atoms with Crippen molar-refractivity contribution in [2.75, 3.05) is 25.0 Å². The molecule has 34 heavy (non-hydrogen) atoms. The van der Waals surface area contributed by atoms with E-state index in [1.165, 1.54) is 6.07 Å². The van der Waals surface area contributed by atoms with Gasteiger partial charge in [-0.3, -0.25) is 4.79 Å². The van der Waals surface area contributed by atoms with Gasteiger partial charge in [0.05, 0.1) is 4.88 Å². The highest BCUT2D eigenvalue weighted by Gasteiger charge is 2.33. The van der Waals surface area contributed by atoms with E-state index in [-0.39, 0.29) is 22.7 Å². The first-order chi connectivity index (χ1) is 16.1. The van der Waals surface area contributed by atoms with E-state index >= 15 is 0 Å². The molecule has 2 N–H and O–H groups in total. The maximum absolute atomic E-state index is 13.2. The van der Waals surface area contributed by atoms with Crippen molar-refractivity contribution < 1.29 is 22.8 Å². The lowest BCUT2D eigenvalue weighted by atomic mass is 9.97. The molecule has 0 saturated carbocycles. The number of fused-ring (bicyclic) bond motifs is 1. The van der Waals surface area contributed by atoms with Gasteiger partial charge in [0, 0.05) is 30.7 Å².